The highest BCUT2D eigenvalue weighted by Gasteiger charge is 2.35. The molecule has 0 bridgehead atoms. The van der Waals surface area contributed by atoms with Crippen molar-refractivity contribution >= 4 is 11.9 Å². The molecular formula is C7H7N3O3. The molecule has 0 aromatic carbocycles. The average Bonchev–Trinajstić information content (AvgIpc) is 2.72. The summed E-state index contributed by atoms with van der Waals surface area (Å²) in [5.41, 5.74) is 0. The van der Waals surface area contributed by atoms with Crippen molar-refractivity contribution in [1.82, 2.24) is 4.90 Å². The van der Waals surface area contributed by atoms with E-state index in [1.54, 1.807) is 0 Å². The van der Waals surface area contributed by atoms with Crippen LogP contribution in [0.15, 0.2) is 5.16 Å². The molecule has 0 saturated carbocycles. The summed E-state index contributed by atoms with van der Waals surface area (Å²) in [6.45, 7) is 0.730. The molecule has 0 aromatic rings. The van der Waals surface area contributed by atoms with E-state index in [9.17, 15) is 4.79 Å². The third-order valence-corrected chi connectivity index (χ3v) is 1.85. The van der Waals surface area contributed by atoms with Crippen LogP contribution >= 0.6 is 0 Å². The molecule has 2 heterocycles. The van der Waals surface area contributed by atoms with Crippen molar-refractivity contribution in [3.63, 3.8) is 0 Å². The fourth-order valence-electron chi connectivity index (χ4n) is 1.23. The first-order valence-corrected chi connectivity index (χ1v) is 3.88. The molecule has 6 nitrogen and oxygen atoms in total. The Bertz CT molecular complexity index is 307. The number of rotatable bonds is 0. The van der Waals surface area contributed by atoms with Crippen molar-refractivity contribution in [1.29, 1.82) is 5.26 Å². The lowest BCUT2D eigenvalue weighted by atomic mass is 10.3. The van der Waals surface area contributed by atoms with E-state index in [1.165, 1.54) is 4.90 Å². The Morgan fingerprint density at radius 2 is 2.54 bits per heavy atom. The van der Waals surface area contributed by atoms with Gasteiger partial charge in [-0.3, -0.25) is 4.90 Å². The van der Waals surface area contributed by atoms with E-state index in [4.69, 9.17) is 14.8 Å². The van der Waals surface area contributed by atoms with Gasteiger partial charge in [-0.05, 0) is 0 Å². The second-order valence-corrected chi connectivity index (χ2v) is 2.70. The second kappa shape index (κ2) is 2.94. The summed E-state index contributed by atoms with van der Waals surface area (Å²) in [7, 11) is 0. The Hall–Kier alpha value is -1.77. The van der Waals surface area contributed by atoms with Crippen LogP contribution in [0.2, 0.25) is 0 Å². The molecule has 2 aliphatic heterocycles. The van der Waals surface area contributed by atoms with Gasteiger partial charge in [0.2, 0.25) is 6.10 Å². The summed E-state index contributed by atoms with van der Waals surface area (Å²) >= 11 is 0. The summed E-state index contributed by atoms with van der Waals surface area (Å²) in [4.78, 5) is 17.2. The van der Waals surface area contributed by atoms with Crippen molar-refractivity contribution in [3.05, 3.63) is 0 Å². The molecule has 1 atom stereocenters. The van der Waals surface area contributed by atoms with Crippen molar-refractivity contribution in [3.8, 4) is 6.07 Å². The summed E-state index contributed by atoms with van der Waals surface area (Å²) in [5.74, 6) is 0.544. The molecule has 1 amide bonds. The highest BCUT2D eigenvalue weighted by atomic mass is 16.6. The fraction of sp³-hybridized carbons (Fsp3) is 0.571. The van der Waals surface area contributed by atoms with E-state index in [-0.39, 0.29) is 6.54 Å². The number of nitriles is 1. The number of amidine groups is 1. The van der Waals surface area contributed by atoms with Crippen molar-refractivity contribution in [2.75, 3.05) is 13.2 Å². The molecule has 6 heteroatoms. The Morgan fingerprint density at radius 1 is 1.69 bits per heavy atom. The van der Waals surface area contributed by atoms with Crippen LogP contribution in [0.25, 0.3) is 0 Å². The van der Waals surface area contributed by atoms with Crippen molar-refractivity contribution < 1.29 is 14.4 Å². The zero-order chi connectivity index (χ0) is 9.26. The minimum Gasteiger partial charge on any atom is -0.428 e. The first-order valence-electron chi connectivity index (χ1n) is 3.88. The standard InChI is InChI=1S/C7H7N3O3/c8-3-5-4-10(7(11)13-5)6-1-2-12-9-6/h5H,1-2,4H2. The highest BCUT2D eigenvalue weighted by molar-refractivity contribution is 5.96. The van der Waals surface area contributed by atoms with Gasteiger partial charge in [-0.2, -0.15) is 5.26 Å². The van der Waals surface area contributed by atoms with Gasteiger partial charge in [0.05, 0.1) is 6.54 Å². The van der Waals surface area contributed by atoms with Gasteiger partial charge in [-0.1, -0.05) is 5.16 Å². The summed E-state index contributed by atoms with van der Waals surface area (Å²) < 4.78 is 4.72. The molecule has 1 fully saturated rings. The van der Waals surface area contributed by atoms with Gasteiger partial charge in [0.15, 0.2) is 5.84 Å². The van der Waals surface area contributed by atoms with Gasteiger partial charge < -0.3 is 9.57 Å². The molecule has 2 rings (SSSR count). The van der Waals surface area contributed by atoms with Gasteiger partial charge in [-0.25, -0.2) is 4.79 Å². The van der Waals surface area contributed by atoms with Crippen LogP contribution in [0.4, 0.5) is 4.79 Å². The van der Waals surface area contributed by atoms with Crippen LogP contribution in [0.3, 0.4) is 0 Å². The molecule has 13 heavy (non-hydrogen) atoms. The Labute approximate surface area is 74.3 Å². The van der Waals surface area contributed by atoms with Crippen LogP contribution in [-0.4, -0.2) is 36.1 Å². The molecule has 68 valence electrons. The Balaban J connectivity index is 2.09. The minimum atomic E-state index is -0.684. The quantitative estimate of drug-likeness (QED) is 0.529. The van der Waals surface area contributed by atoms with Gasteiger partial charge in [0, 0.05) is 6.42 Å². The van der Waals surface area contributed by atoms with Crippen LogP contribution in [0, 0.1) is 11.3 Å². The molecule has 0 radical (unpaired) electrons. The van der Waals surface area contributed by atoms with Crippen LogP contribution < -0.4 is 0 Å². The molecule has 0 N–H and O–H groups in total. The largest absolute Gasteiger partial charge is 0.428 e. The van der Waals surface area contributed by atoms with E-state index in [0.717, 1.165) is 0 Å². The predicted octanol–water partition coefficient (Wildman–Crippen LogP) is 0.0646. The first kappa shape index (κ1) is 7.86. The third-order valence-electron chi connectivity index (χ3n) is 1.85. The van der Waals surface area contributed by atoms with Crippen molar-refractivity contribution in [2.24, 2.45) is 5.16 Å². The fourth-order valence-corrected chi connectivity index (χ4v) is 1.23. The maximum atomic E-state index is 11.1. The minimum absolute atomic E-state index is 0.248. The number of ether oxygens (including phenoxy) is 1. The molecule has 0 aromatic heterocycles. The number of amides is 1. The predicted molar refractivity (Wildman–Crippen MR) is 40.6 cm³/mol. The summed E-state index contributed by atoms with van der Waals surface area (Å²) in [6, 6.07) is 1.87. The van der Waals surface area contributed by atoms with E-state index in [1.807, 2.05) is 6.07 Å². The first-order chi connectivity index (χ1) is 6.31. The van der Waals surface area contributed by atoms with Gasteiger partial charge in [0.1, 0.15) is 12.7 Å². The lowest BCUT2D eigenvalue weighted by Gasteiger charge is -2.08. The number of carbonyl (C=O) groups excluding carboxylic acids is 1. The zero-order valence-corrected chi connectivity index (χ0v) is 6.77. The smallest absolute Gasteiger partial charge is 0.416 e. The second-order valence-electron chi connectivity index (χ2n) is 2.70. The Morgan fingerprint density at radius 3 is 3.08 bits per heavy atom. The molecule has 1 saturated heterocycles. The number of nitrogens with zero attached hydrogens (tertiary/aromatic N) is 3. The average molecular weight is 181 g/mol. The lowest BCUT2D eigenvalue weighted by molar-refractivity contribution is 0.153. The van der Waals surface area contributed by atoms with Gasteiger partial charge in [0.25, 0.3) is 0 Å². The van der Waals surface area contributed by atoms with Crippen LogP contribution in [0.5, 0.6) is 0 Å². The van der Waals surface area contributed by atoms with E-state index in [2.05, 4.69) is 5.16 Å². The number of oxime groups is 1. The van der Waals surface area contributed by atoms with E-state index < -0.39 is 12.2 Å². The van der Waals surface area contributed by atoms with Crippen LogP contribution in [-0.2, 0) is 9.57 Å². The molecular weight excluding hydrogens is 174 g/mol. The Kier molecular flexibility index (Phi) is 1.77. The third kappa shape index (κ3) is 1.28. The topological polar surface area (TPSA) is 74.9 Å². The molecule has 0 aliphatic carbocycles. The number of hydrogen-bond donors (Lipinski definition) is 0. The molecule has 2 aliphatic rings. The molecule has 0 spiro atoms. The van der Waals surface area contributed by atoms with Gasteiger partial charge >= 0.3 is 6.09 Å². The maximum Gasteiger partial charge on any atom is 0.416 e. The number of hydrogen-bond acceptors (Lipinski definition) is 5. The molecule has 1 unspecified atom stereocenters. The highest BCUT2D eigenvalue weighted by Crippen LogP contribution is 2.15. The number of carbonyl (C=O) groups is 1. The number of cyclic esters (lactones) is 1. The summed E-state index contributed by atoms with van der Waals surface area (Å²) in [5, 5.41) is 12.2. The van der Waals surface area contributed by atoms with E-state index in [0.29, 0.717) is 18.9 Å². The maximum absolute atomic E-state index is 11.1. The summed E-state index contributed by atoms with van der Waals surface area (Å²) in [6.07, 6.45) is -0.612. The zero-order valence-electron chi connectivity index (χ0n) is 6.77. The SMILES string of the molecule is N#CC1CN(C2=NOCC2)C(=O)O1. The monoisotopic (exact) mass is 181 g/mol. The van der Waals surface area contributed by atoms with Crippen molar-refractivity contribution in [2.45, 2.75) is 12.5 Å². The normalized spacial score (nSPS) is 26.4. The van der Waals surface area contributed by atoms with Crippen LogP contribution in [0.1, 0.15) is 6.42 Å². The lowest BCUT2D eigenvalue weighted by Crippen LogP contribution is -2.31. The van der Waals surface area contributed by atoms with E-state index >= 15 is 0 Å². The van der Waals surface area contributed by atoms with Gasteiger partial charge in [-0.15, -0.1) is 0 Å².